The van der Waals surface area contributed by atoms with E-state index in [-0.39, 0.29) is 23.6 Å². The molecule has 1 unspecified atom stereocenters. The van der Waals surface area contributed by atoms with Crippen LogP contribution in [0, 0.1) is 10.8 Å². The summed E-state index contributed by atoms with van der Waals surface area (Å²) in [6, 6.07) is 12.7. The third-order valence-electron chi connectivity index (χ3n) is 10.4. The Kier molecular flexibility index (Phi) is 17.2. The maximum atomic E-state index is 12.4. The molecule has 0 saturated carbocycles. The average Bonchev–Trinajstić information content (AvgIpc) is 3.51. The van der Waals surface area contributed by atoms with Crippen LogP contribution >= 0.6 is 31.9 Å². The van der Waals surface area contributed by atoms with E-state index in [4.69, 9.17) is 0 Å². The second kappa shape index (κ2) is 20.5. The van der Waals surface area contributed by atoms with Crippen LogP contribution in [-0.4, -0.2) is 45.7 Å². The lowest BCUT2D eigenvalue weighted by Crippen LogP contribution is -2.30. The summed E-state index contributed by atoms with van der Waals surface area (Å²) in [6.45, 7) is 9.73. The van der Waals surface area contributed by atoms with Crippen molar-refractivity contribution in [2.75, 3.05) is 17.2 Å². The fourth-order valence-corrected chi connectivity index (χ4v) is 9.31. The average molecular weight is 803 g/mol. The van der Waals surface area contributed by atoms with Crippen LogP contribution in [0.15, 0.2) is 42.5 Å². The molecule has 270 valence electrons. The van der Waals surface area contributed by atoms with Gasteiger partial charge < -0.3 is 0 Å². The molecule has 4 rings (SSSR count). The molecular formula is C41H58Br2N2O4. The van der Waals surface area contributed by atoms with Crippen LogP contribution in [0.2, 0.25) is 0 Å². The molecule has 0 fully saturated rings. The van der Waals surface area contributed by atoms with Crippen LogP contribution < -0.4 is 5.32 Å². The molecule has 2 aromatic carbocycles. The van der Waals surface area contributed by atoms with Gasteiger partial charge in [0.15, 0.2) is 0 Å². The van der Waals surface area contributed by atoms with Crippen molar-refractivity contribution in [3.8, 4) is 0 Å². The lowest BCUT2D eigenvalue weighted by Gasteiger charge is -2.34. The first-order valence-corrected chi connectivity index (χ1v) is 20.8. The Labute approximate surface area is 312 Å². The van der Waals surface area contributed by atoms with E-state index in [1.807, 2.05) is 24.3 Å². The number of rotatable bonds is 21. The number of carbonyl (C=O) groups is 4. The predicted molar refractivity (Wildman–Crippen MR) is 208 cm³/mol. The maximum Gasteiger partial charge on any atom is 0.261 e. The second-order valence-electron chi connectivity index (χ2n) is 14.7. The topological polar surface area (TPSA) is 83.6 Å². The van der Waals surface area contributed by atoms with Crippen molar-refractivity contribution in [3.05, 3.63) is 70.3 Å². The minimum atomic E-state index is -0.265. The molecule has 1 atom stereocenters. The van der Waals surface area contributed by atoms with Crippen molar-refractivity contribution < 1.29 is 19.2 Å². The SMILES string of the molecule is CC(C)(CCBr)CCCCCc1cccc2c1C(=O)NC2=O.CCCCC(CCC)(CCBr)CCCCCN1C(=O)c2ccccc2C1=O. The highest BCUT2D eigenvalue weighted by atomic mass is 79.9. The molecule has 2 heterocycles. The van der Waals surface area contributed by atoms with Crippen LogP contribution in [0.1, 0.15) is 171 Å². The van der Waals surface area contributed by atoms with Gasteiger partial charge in [0.25, 0.3) is 23.6 Å². The number of nitrogens with zero attached hydrogens (tertiary/aromatic N) is 1. The van der Waals surface area contributed by atoms with E-state index in [2.05, 4.69) is 64.9 Å². The number of nitrogens with one attached hydrogen (secondary N) is 1. The molecule has 4 amide bonds. The molecule has 8 heteroatoms. The van der Waals surface area contributed by atoms with E-state index in [1.165, 1.54) is 75.5 Å². The molecule has 2 aliphatic heterocycles. The number of hydrogen-bond donors (Lipinski definition) is 1. The summed E-state index contributed by atoms with van der Waals surface area (Å²) in [6.07, 6.45) is 18.8. The summed E-state index contributed by atoms with van der Waals surface area (Å²) >= 11 is 7.17. The normalized spacial score (nSPS) is 15.1. The van der Waals surface area contributed by atoms with E-state index < -0.39 is 0 Å². The zero-order valence-corrected chi connectivity index (χ0v) is 33.5. The lowest BCUT2D eigenvalue weighted by molar-refractivity contribution is 0.0649. The molecule has 0 radical (unpaired) electrons. The first-order valence-electron chi connectivity index (χ1n) is 18.6. The third-order valence-corrected chi connectivity index (χ3v) is 11.1. The number of halogens is 2. The fourth-order valence-electron chi connectivity index (χ4n) is 7.40. The standard InChI is InChI=1S/C23H34BrNO2.C18H24BrNO2/c1-3-5-14-23(13-4-2,16-17-24)15-9-6-10-18-25-21(26)19-11-7-8-12-20(19)22(25)27;1-18(2,11-12-19)10-5-3-4-7-13-8-6-9-14-15(13)17(22)20-16(14)21/h7-8,11-12H,3-6,9-10,13-18H2,1-2H3;6,8-9H,3-5,7,10-12H2,1-2H3,(H,20,21,22). The van der Waals surface area contributed by atoms with Crippen molar-refractivity contribution >= 4 is 55.5 Å². The molecule has 0 aromatic heterocycles. The van der Waals surface area contributed by atoms with E-state index in [1.54, 1.807) is 18.2 Å². The van der Waals surface area contributed by atoms with Crippen molar-refractivity contribution in [3.63, 3.8) is 0 Å². The Hall–Kier alpha value is -2.32. The molecule has 2 aliphatic rings. The van der Waals surface area contributed by atoms with Gasteiger partial charge in [0.2, 0.25) is 0 Å². The van der Waals surface area contributed by atoms with Gasteiger partial charge in [-0.2, -0.15) is 0 Å². The van der Waals surface area contributed by atoms with Gasteiger partial charge in [0, 0.05) is 17.2 Å². The van der Waals surface area contributed by atoms with Gasteiger partial charge in [0.05, 0.1) is 22.3 Å². The number of carbonyl (C=O) groups excluding carboxylic acids is 4. The highest BCUT2D eigenvalue weighted by molar-refractivity contribution is 9.09. The number of aryl methyl sites for hydroxylation is 1. The number of benzene rings is 2. The molecule has 6 nitrogen and oxygen atoms in total. The first-order chi connectivity index (χ1) is 23.5. The third kappa shape index (κ3) is 11.9. The van der Waals surface area contributed by atoms with Crippen LogP contribution in [-0.2, 0) is 6.42 Å². The van der Waals surface area contributed by atoms with Crippen molar-refractivity contribution in [1.29, 1.82) is 0 Å². The Morgan fingerprint density at radius 1 is 0.612 bits per heavy atom. The van der Waals surface area contributed by atoms with Crippen molar-refractivity contribution in [1.82, 2.24) is 10.2 Å². The number of fused-ring (bicyclic) bond motifs is 2. The van der Waals surface area contributed by atoms with Gasteiger partial charge in [0.1, 0.15) is 0 Å². The smallest absolute Gasteiger partial charge is 0.261 e. The Morgan fingerprint density at radius 3 is 1.86 bits per heavy atom. The molecule has 0 spiro atoms. The van der Waals surface area contributed by atoms with E-state index >= 15 is 0 Å². The quantitative estimate of drug-likeness (QED) is 0.0774. The summed E-state index contributed by atoms with van der Waals surface area (Å²) in [5.41, 5.74) is 4.09. The number of unbranched alkanes of at least 4 members (excludes halogenated alkanes) is 5. The Balaban J connectivity index is 0.000000271. The number of imide groups is 2. The zero-order chi connectivity index (χ0) is 35.9. The van der Waals surface area contributed by atoms with Crippen LogP contribution in [0.3, 0.4) is 0 Å². The van der Waals surface area contributed by atoms with E-state index in [0.717, 1.165) is 48.3 Å². The highest BCUT2D eigenvalue weighted by Gasteiger charge is 2.35. The lowest BCUT2D eigenvalue weighted by atomic mass is 9.73. The summed E-state index contributed by atoms with van der Waals surface area (Å²) in [4.78, 5) is 49.8. The zero-order valence-electron chi connectivity index (χ0n) is 30.3. The second-order valence-corrected chi connectivity index (χ2v) is 16.3. The molecule has 0 aliphatic carbocycles. The van der Waals surface area contributed by atoms with E-state index in [9.17, 15) is 19.2 Å². The predicted octanol–water partition coefficient (Wildman–Crippen LogP) is 11.1. The van der Waals surface area contributed by atoms with Gasteiger partial charge in [-0.25, -0.2) is 0 Å². The van der Waals surface area contributed by atoms with Gasteiger partial charge in [-0.1, -0.05) is 129 Å². The summed E-state index contributed by atoms with van der Waals surface area (Å²) in [5.74, 6) is -0.760. The monoisotopic (exact) mass is 800 g/mol. The van der Waals surface area contributed by atoms with Gasteiger partial charge in [-0.3, -0.25) is 29.4 Å². The van der Waals surface area contributed by atoms with Gasteiger partial charge >= 0.3 is 0 Å². The highest BCUT2D eigenvalue weighted by Crippen LogP contribution is 2.40. The van der Waals surface area contributed by atoms with Crippen LogP contribution in [0.5, 0.6) is 0 Å². The van der Waals surface area contributed by atoms with Crippen molar-refractivity contribution in [2.45, 2.75) is 130 Å². The summed E-state index contributed by atoms with van der Waals surface area (Å²) in [7, 11) is 0. The van der Waals surface area contributed by atoms with Gasteiger partial charge in [-0.05, 0) is 92.4 Å². The molecule has 0 saturated heterocycles. The Morgan fingerprint density at radius 2 is 1.22 bits per heavy atom. The molecule has 0 bridgehead atoms. The summed E-state index contributed by atoms with van der Waals surface area (Å²) in [5, 5.41) is 4.51. The fraction of sp³-hybridized carbons (Fsp3) is 0.610. The first kappa shape index (κ1) is 41.1. The van der Waals surface area contributed by atoms with Crippen molar-refractivity contribution in [2.24, 2.45) is 10.8 Å². The summed E-state index contributed by atoms with van der Waals surface area (Å²) < 4.78 is 0. The minimum absolute atomic E-state index is 0.127. The minimum Gasteiger partial charge on any atom is -0.288 e. The maximum absolute atomic E-state index is 12.4. The Bertz CT molecular complexity index is 1360. The molecule has 1 N–H and O–H groups in total. The number of amides is 4. The van der Waals surface area contributed by atoms with Crippen LogP contribution in [0.4, 0.5) is 0 Å². The number of alkyl halides is 2. The van der Waals surface area contributed by atoms with Gasteiger partial charge in [-0.15, -0.1) is 0 Å². The van der Waals surface area contributed by atoms with E-state index in [0.29, 0.717) is 39.6 Å². The number of hydrogen-bond acceptors (Lipinski definition) is 4. The largest absolute Gasteiger partial charge is 0.288 e. The molecule has 2 aromatic rings. The van der Waals surface area contributed by atoms with Crippen LogP contribution in [0.25, 0.3) is 0 Å². The molecule has 49 heavy (non-hydrogen) atoms. The molecular weight excluding hydrogens is 744 g/mol.